The molecule has 0 atom stereocenters. The van der Waals surface area contributed by atoms with Crippen molar-refractivity contribution >= 4 is 6.29 Å². The van der Waals surface area contributed by atoms with Crippen molar-refractivity contribution in [2.24, 2.45) is 0 Å². The molecule has 1 heterocycles. The van der Waals surface area contributed by atoms with Crippen LogP contribution in [-0.2, 0) is 0 Å². The molecule has 2 rings (SSSR count). The summed E-state index contributed by atoms with van der Waals surface area (Å²) in [6.45, 7) is 3.35. The normalized spacial score (nSPS) is 16.8. The van der Waals surface area contributed by atoms with E-state index in [1.807, 2.05) is 0 Å². The van der Waals surface area contributed by atoms with Gasteiger partial charge in [0.05, 0.1) is 0 Å². The molecule has 0 saturated carbocycles. The van der Waals surface area contributed by atoms with Crippen LogP contribution in [0.4, 0.5) is 4.39 Å². The topological polar surface area (TPSA) is 35.5 Å². The highest BCUT2D eigenvalue weighted by Crippen LogP contribution is 2.41. The Hall–Kier alpha value is -1.58. The number of carbonyl (C=O) groups is 1. The van der Waals surface area contributed by atoms with Crippen LogP contribution < -0.4 is 9.47 Å². The van der Waals surface area contributed by atoms with Crippen LogP contribution in [0.15, 0.2) is 12.1 Å². The molecule has 0 radical (unpaired) electrons. The van der Waals surface area contributed by atoms with Crippen molar-refractivity contribution in [2.45, 2.75) is 19.6 Å². The Kier molecular flexibility index (Phi) is 1.74. The minimum atomic E-state index is -0.870. The molecular formula is C10H9FO3. The lowest BCUT2D eigenvalue weighted by molar-refractivity contribution is -0.0445. The average Bonchev–Trinajstić information content (AvgIpc) is 2.40. The number of hydrogen-bond acceptors (Lipinski definition) is 3. The van der Waals surface area contributed by atoms with Crippen LogP contribution in [0.2, 0.25) is 0 Å². The van der Waals surface area contributed by atoms with Gasteiger partial charge in [-0.25, -0.2) is 4.39 Å². The number of benzene rings is 1. The fraction of sp³-hybridized carbons (Fsp3) is 0.300. The second-order valence-electron chi connectivity index (χ2n) is 3.55. The minimum absolute atomic E-state index is 0.0700. The van der Waals surface area contributed by atoms with E-state index < -0.39 is 11.6 Å². The second kappa shape index (κ2) is 2.70. The van der Waals surface area contributed by atoms with E-state index in [2.05, 4.69) is 0 Å². The monoisotopic (exact) mass is 196 g/mol. The number of rotatable bonds is 1. The third kappa shape index (κ3) is 1.32. The summed E-state index contributed by atoms with van der Waals surface area (Å²) in [4.78, 5) is 10.5. The Morgan fingerprint density at radius 3 is 2.71 bits per heavy atom. The lowest BCUT2D eigenvalue weighted by Crippen LogP contribution is -2.29. The molecule has 0 saturated heterocycles. The fourth-order valence-electron chi connectivity index (χ4n) is 1.36. The summed E-state index contributed by atoms with van der Waals surface area (Å²) in [7, 11) is 0. The van der Waals surface area contributed by atoms with E-state index >= 15 is 0 Å². The maximum atomic E-state index is 13.3. The molecule has 0 bridgehead atoms. The third-order valence-electron chi connectivity index (χ3n) is 1.87. The van der Waals surface area contributed by atoms with Gasteiger partial charge in [0.1, 0.15) is 6.29 Å². The van der Waals surface area contributed by atoms with Gasteiger partial charge in [0.2, 0.25) is 11.5 Å². The van der Waals surface area contributed by atoms with E-state index in [9.17, 15) is 9.18 Å². The van der Waals surface area contributed by atoms with Crippen LogP contribution >= 0.6 is 0 Å². The number of carbonyl (C=O) groups excluding carboxylic acids is 1. The van der Waals surface area contributed by atoms with Gasteiger partial charge in [-0.2, -0.15) is 0 Å². The van der Waals surface area contributed by atoms with Crippen LogP contribution in [0.25, 0.3) is 0 Å². The van der Waals surface area contributed by atoms with Gasteiger partial charge in [0.25, 0.3) is 0 Å². The number of aldehydes is 1. The lowest BCUT2D eigenvalue weighted by Gasteiger charge is -2.16. The van der Waals surface area contributed by atoms with E-state index in [0.717, 1.165) is 6.07 Å². The zero-order valence-corrected chi connectivity index (χ0v) is 7.83. The first-order valence-corrected chi connectivity index (χ1v) is 4.18. The lowest BCUT2D eigenvalue weighted by atomic mass is 10.2. The Labute approximate surface area is 80.4 Å². The molecule has 4 heteroatoms. The Morgan fingerprint density at radius 1 is 1.36 bits per heavy atom. The molecular weight excluding hydrogens is 187 g/mol. The zero-order chi connectivity index (χ0) is 10.3. The summed E-state index contributed by atoms with van der Waals surface area (Å²) in [5.41, 5.74) is 0.238. The van der Waals surface area contributed by atoms with Crippen molar-refractivity contribution in [3.63, 3.8) is 0 Å². The predicted molar refractivity (Wildman–Crippen MR) is 47.1 cm³/mol. The molecule has 0 amide bonds. The van der Waals surface area contributed by atoms with Gasteiger partial charge in [-0.05, 0) is 12.1 Å². The van der Waals surface area contributed by atoms with E-state index in [1.165, 1.54) is 6.07 Å². The SMILES string of the molecule is CC1(C)Oc2cc(C=O)cc(F)c2O1. The quantitative estimate of drug-likeness (QED) is 0.645. The standard InChI is InChI=1S/C10H9FO3/c1-10(2)13-8-4-6(5-12)3-7(11)9(8)14-10/h3-5H,1-2H3. The summed E-state index contributed by atoms with van der Waals surface area (Å²) in [5, 5.41) is 0. The van der Waals surface area contributed by atoms with Crippen molar-refractivity contribution in [3.8, 4) is 11.5 Å². The van der Waals surface area contributed by atoms with Gasteiger partial charge >= 0.3 is 0 Å². The van der Waals surface area contributed by atoms with Gasteiger partial charge in [-0.15, -0.1) is 0 Å². The van der Waals surface area contributed by atoms with Gasteiger partial charge in [0.15, 0.2) is 11.6 Å². The van der Waals surface area contributed by atoms with Gasteiger partial charge in [-0.1, -0.05) is 0 Å². The highest BCUT2D eigenvalue weighted by Gasteiger charge is 2.34. The van der Waals surface area contributed by atoms with Crippen LogP contribution in [0.3, 0.4) is 0 Å². The molecule has 1 aliphatic rings. The molecule has 1 aliphatic heterocycles. The molecule has 0 aliphatic carbocycles. The van der Waals surface area contributed by atoms with Crippen molar-refractivity contribution in [3.05, 3.63) is 23.5 Å². The maximum Gasteiger partial charge on any atom is 0.246 e. The predicted octanol–water partition coefficient (Wildman–Crippen LogP) is 2.15. The van der Waals surface area contributed by atoms with Crippen LogP contribution in [-0.4, -0.2) is 12.1 Å². The van der Waals surface area contributed by atoms with E-state index in [-0.39, 0.29) is 17.1 Å². The first-order chi connectivity index (χ1) is 6.52. The summed E-state index contributed by atoms with van der Waals surface area (Å²) in [5.74, 6) is -1.10. The van der Waals surface area contributed by atoms with Crippen LogP contribution in [0.5, 0.6) is 11.5 Å². The maximum absolute atomic E-state index is 13.3. The summed E-state index contributed by atoms with van der Waals surface area (Å²) < 4.78 is 23.8. The van der Waals surface area contributed by atoms with E-state index in [0.29, 0.717) is 6.29 Å². The van der Waals surface area contributed by atoms with Gasteiger partial charge < -0.3 is 9.47 Å². The Bertz CT molecular complexity index is 399. The first-order valence-electron chi connectivity index (χ1n) is 4.18. The molecule has 0 aromatic heterocycles. The second-order valence-corrected chi connectivity index (χ2v) is 3.55. The third-order valence-corrected chi connectivity index (χ3v) is 1.87. The fourth-order valence-corrected chi connectivity index (χ4v) is 1.36. The summed E-state index contributed by atoms with van der Waals surface area (Å²) in [6.07, 6.45) is 0.567. The molecule has 1 aromatic carbocycles. The van der Waals surface area contributed by atoms with Crippen LogP contribution in [0, 0.1) is 5.82 Å². The molecule has 74 valence electrons. The molecule has 0 unspecified atom stereocenters. The van der Waals surface area contributed by atoms with E-state index in [4.69, 9.17) is 9.47 Å². The molecule has 0 N–H and O–H groups in total. The van der Waals surface area contributed by atoms with Crippen molar-refractivity contribution in [1.29, 1.82) is 0 Å². The van der Waals surface area contributed by atoms with Crippen LogP contribution in [0.1, 0.15) is 24.2 Å². The van der Waals surface area contributed by atoms with Crippen molar-refractivity contribution in [1.82, 2.24) is 0 Å². The first kappa shape index (κ1) is 8.99. The smallest absolute Gasteiger partial charge is 0.246 e. The largest absolute Gasteiger partial charge is 0.449 e. The van der Waals surface area contributed by atoms with Gasteiger partial charge in [-0.3, -0.25) is 4.79 Å². The minimum Gasteiger partial charge on any atom is -0.449 e. The Balaban J connectivity index is 2.52. The highest BCUT2D eigenvalue weighted by atomic mass is 19.1. The summed E-state index contributed by atoms with van der Waals surface area (Å²) in [6, 6.07) is 2.58. The zero-order valence-electron chi connectivity index (χ0n) is 7.83. The van der Waals surface area contributed by atoms with E-state index in [1.54, 1.807) is 13.8 Å². The number of halogens is 1. The molecule has 0 fully saturated rings. The molecule has 0 spiro atoms. The highest BCUT2D eigenvalue weighted by molar-refractivity contribution is 5.76. The molecule has 3 nitrogen and oxygen atoms in total. The molecule has 1 aromatic rings. The summed E-state index contributed by atoms with van der Waals surface area (Å²) >= 11 is 0. The number of hydrogen-bond donors (Lipinski definition) is 0. The average molecular weight is 196 g/mol. The van der Waals surface area contributed by atoms with Gasteiger partial charge in [0, 0.05) is 19.4 Å². The number of ether oxygens (including phenoxy) is 2. The van der Waals surface area contributed by atoms with Crippen molar-refractivity contribution in [2.75, 3.05) is 0 Å². The number of fused-ring (bicyclic) bond motifs is 1. The Morgan fingerprint density at radius 2 is 2.07 bits per heavy atom. The van der Waals surface area contributed by atoms with Crippen molar-refractivity contribution < 1.29 is 18.7 Å². The molecule has 14 heavy (non-hydrogen) atoms.